The summed E-state index contributed by atoms with van der Waals surface area (Å²) in [6, 6.07) is 4.93. The van der Waals surface area contributed by atoms with E-state index in [9.17, 15) is 13.2 Å². The van der Waals surface area contributed by atoms with E-state index in [2.05, 4.69) is 4.90 Å². The molecule has 152 valence electrons. The second-order valence-electron chi connectivity index (χ2n) is 7.30. The number of nitrogens with zero attached hydrogens (tertiary/aromatic N) is 3. The summed E-state index contributed by atoms with van der Waals surface area (Å²) in [6.45, 7) is 3.67. The first-order chi connectivity index (χ1) is 12.3. The van der Waals surface area contributed by atoms with Crippen LogP contribution in [0.15, 0.2) is 23.1 Å². The van der Waals surface area contributed by atoms with Crippen LogP contribution < -0.4 is 10.6 Å². The molecule has 1 unspecified atom stereocenters. The molecule has 2 fully saturated rings. The van der Waals surface area contributed by atoms with Crippen LogP contribution in [0.3, 0.4) is 0 Å². The van der Waals surface area contributed by atoms with Crippen molar-refractivity contribution in [2.45, 2.75) is 24.2 Å². The summed E-state index contributed by atoms with van der Waals surface area (Å²) in [5, 5.41) is 0. The molecule has 0 spiro atoms. The minimum absolute atomic E-state index is 0. The Morgan fingerprint density at radius 3 is 2.44 bits per heavy atom. The predicted octanol–water partition coefficient (Wildman–Crippen LogP) is 1.38. The van der Waals surface area contributed by atoms with Crippen LogP contribution >= 0.6 is 12.4 Å². The summed E-state index contributed by atoms with van der Waals surface area (Å²) in [5.41, 5.74) is 7.06. The monoisotopic (exact) mass is 416 g/mol. The first-order valence-electron chi connectivity index (χ1n) is 9.15. The molecule has 1 amide bonds. The predicted molar refractivity (Wildman–Crippen MR) is 109 cm³/mol. The Hall–Kier alpha value is -1.35. The Kier molecular flexibility index (Phi) is 7.13. The Bertz CT molecular complexity index is 779. The highest BCUT2D eigenvalue weighted by Gasteiger charge is 2.30. The van der Waals surface area contributed by atoms with Gasteiger partial charge in [-0.2, -0.15) is 0 Å². The minimum Gasteiger partial charge on any atom is -0.371 e. The van der Waals surface area contributed by atoms with E-state index in [1.165, 1.54) is 18.4 Å². The first-order valence-corrected chi connectivity index (χ1v) is 10.6. The van der Waals surface area contributed by atoms with Crippen molar-refractivity contribution < 1.29 is 13.2 Å². The van der Waals surface area contributed by atoms with Crippen molar-refractivity contribution in [3.8, 4) is 0 Å². The van der Waals surface area contributed by atoms with E-state index in [0.717, 1.165) is 38.0 Å². The minimum atomic E-state index is -3.59. The number of anilines is 1. The largest absolute Gasteiger partial charge is 0.371 e. The Balaban J connectivity index is 0.00000261. The maximum Gasteiger partial charge on any atom is 0.256 e. The fourth-order valence-electron chi connectivity index (χ4n) is 3.67. The zero-order chi connectivity index (χ0) is 18.9. The fraction of sp³-hybridized carbons (Fsp3) is 0.611. The van der Waals surface area contributed by atoms with Gasteiger partial charge < -0.3 is 15.5 Å². The number of carbonyl (C=O) groups is 1. The quantitative estimate of drug-likeness (QED) is 0.783. The van der Waals surface area contributed by atoms with E-state index < -0.39 is 10.0 Å². The lowest BCUT2D eigenvalue weighted by atomic mass is 10.1. The third-order valence-corrected chi connectivity index (χ3v) is 7.14. The van der Waals surface area contributed by atoms with Crippen LogP contribution in [-0.2, 0) is 10.0 Å². The topological polar surface area (TPSA) is 87.0 Å². The van der Waals surface area contributed by atoms with E-state index >= 15 is 0 Å². The number of halogens is 1. The second kappa shape index (κ2) is 8.77. The number of carbonyl (C=O) groups excluding carboxylic acids is 1. The molecule has 2 saturated heterocycles. The van der Waals surface area contributed by atoms with Gasteiger partial charge in [0.15, 0.2) is 0 Å². The molecule has 27 heavy (non-hydrogen) atoms. The van der Waals surface area contributed by atoms with Gasteiger partial charge in [-0.25, -0.2) is 12.7 Å². The molecule has 1 atom stereocenters. The van der Waals surface area contributed by atoms with Gasteiger partial charge in [0.05, 0.1) is 10.5 Å². The molecular formula is C18H29ClN4O3S. The number of sulfonamides is 1. The van der Waals surface area contributed by atoms with Crippen LogP contribution in [0.5, 0.6) is 0 Å². The molecule has 0 saturated carbocycles. The van der Waals surface area contributed by atoms with Gasteiger partial charge in [0.25, 0.3) is 5.91 Å². The van der Waals surface area contributed by atoms with Crippen LogP contribution in [0.25, 0.3) is 0 Å². The summed E-state index contributed by atoms with van der Waals surface area (Å²) in [5.74, 6) is 0.224. The van der Waals surface area contributed by atoms with Crippen LogP contribution in [0, 0.1) is 5.92 Å². The van der Waals surface area contributed by atoms with Crippen molar-refractivity contribution in [1.82, 2.24) is 9.21 Å². The van der Waals surface area contributed by atoms with Crippen molar-refractivity contribution >= 4 is 34.0 Å². The van der Waals surface area contributed by atoms with E-state index in [1.54, 1.807) is 23.1 Å². The molecule has 3 rings (SSSR count). The first kappa shape index (κ1) is 21.9. The summed E-state index contributed by atoms with van der Waals surface area (Å²) >= 11 is 0. The SMILES string of the molecule is CN(C)S(=O)(=O)c1ccc(N2CCCC2)c(C(=O)N2CCC(CN)C2)c1.Cl. The molecule has 0 bridgehead atoms. The lowest BCUT2D eigenvalue weighted by Gasteiger charge is -2.25. The molecule has 2 aliphatic rings. The van der Waals surface area contributed by atoms with Crippen LogP contribution in [-0.4, -0.2) is 70.3 Å². The van der Waals surface area contributed by atoms with Gasteiger partial charge in [-0.15, -0.1) is 12.4 Å². The van der Waals surface area contributed by atoms with Crippen molar-refractivity contribution in [1.29, 1.82) is 0 Å². The van der Waals surface area contributed by atoms with Crippen LogP contribution in [0.1, 0.15) is 29.6 Å². The van der Waals surface area contributed by atoms with E-state index in [1.807, 2.05) is 0 Å². The number of nitrogens with two attached hydrogens (primary N) is 1. The Morgan fingerprint density at radius 1 is 1.22 bits per heavy atom. The van der Waals surface area contributed by atoms with Crippen molar-refractivity contribution in [2.24, 2.45) is 11.7 Å². The van der Waals surface area contributed by atoms with Crippen molar-refractivity contribution in [3.05, 3.63) is 23.8 Å². The Morgan fingerprint density at radius 2 is 1.89 bits per heavy atom. The smallest absolute Gasteiger partial charge is 0.256 e. The maximum absolute atomic E-state index is 13.2. The van der Waals surface area contributed by atoms with Gasteiger partial charge in [-0.3, -0.25) is 4.79 Å². The molecule has 2 N–H and O–H groups in total. The summed E-state index contributed by atoms with van der Waals surface area (Å²) in [7, 11) is -0.593. The van der Waals surface area contributed by atoms with Gasteiger partial charge in [0, 0.05) is 46.0 Å². The highest BCUT2D eigenvalue weighted by Crippen LogP contribution is 2.30. The lowest BCUT2D eigenvalue weighted by molar-refractivity contribution is 0.0788. The molecule has 2 aliphatic heterocycles. The third-order valence-electron chi connectivity index (χ3n) is 5.33. The number of rotatable bonds is 5. The van der Waals surface area contributed by atoms with Gasteiger partial charge in [-0.1, -0.05) is 0 Å². The van der Waals surface area contributed by atoms with E-state index in [0.29, 0.717) is 31.1 Å². The van der Waals surface area contributed by atoms with Gasteiger partial charge in [-0.05, 0) is 49.9 Å². The number of benzene rings is 1. The average molecular weight is 417 g/mol. The van der Waals surface area contributed by atoms with Gasteiger partial charge >= 0.3 is 0 Å². The highest BCUT2D eigenvalue weighted by molar-refractivity contribution is 7.89. The fourth-order valence-corrected chi connectivity index (χ4v) is 4.60. The van der Waals surface area contributed by atoms with Crippen LogP contribution in [0.2, 0.25) is 0 Å². The number of hydrogen-bond acceptors (Lipinski definition) is 5. The summed E-state index contributed by atoms with van der Waals surface area (Å²) in [4.78, 5) is 17.3. The van der Waals surface area contributed by atoms with Gasteiger partial charge in [0.2, 0.25) is 10.0 Å². The molecule has 7 nitrogen and oxygen atoms in total. The Labute approximate surface area is 167 Å². The van der Waals surface area contributed by atoms with E-state index in [4.69, 9.17) is 5.73 Å². The van der Waals surface area contributed by atoms with Crippen LogP contribution in [0.4, 0.5) is 5.69 Å². The molecule has 0 radical (unpaired) electrons. The number of hydrogen-bond donors (Lipinski definition) is 1. The molecule has 0 aliphatic carbocycles. The third kappa shape index (κ3) is 4.39. The molecule has 1 aromatic carbocycles. The second-order valence-corrected chi connectivity index (χ2v) is 9.45. The number of amides is 1. The zero-order valence-corrected chi connectivity index (χ0v) is 17.6. The molecule has 2 heterocycles. The molecule has 1 aromatic rings. The normalized spacial score (nSPS) is 20.2. The standard InChI is InChI=1S/C18H28N4O3S.ClH/c1-20(2)26(24,25)15-5-6-17(21-8-3-4-9-21)16(11-15)18(23)22-10-7-14(12-19)13-22;/h5-6,11,14H,3-4,7-10,12-13,19H2,1-2H3;1H. The molecular weight excluding hydrogens is 388 g/mol. The summed E-state index contributed by atoms with van der Waals surface area (Å²) in [6.07, 6.45) is 3.08. The van der Waals surface area contributed by atoms with E-state index in [-0.39, 0.29) is 23.2 Å². The van der Waals surface area contributed by atoms with Crippen molar-refractivity contribution in [2.75, 3.05) is 51.7 Å². The zero-order valence-electron chi connectivity index (χ0n) is 15.9. The highest BCUT2D eigenvalue weighted by atomic mass is 35.5. The van der Waals surface area contributed by atoms with Crippen molar-refractivity contribution in [3.63, 3.8) is 0 Å². The molecule has 9 heteroatoms. The molecule has 0 aromatic heterocycles. The van der Waals surface area contributed by atoms with Gasteiger partial charge in [0.1, 0.15) is 0 Å². The lowest BCUT2D eigenvalue weighted by Crippen LogP contribution is -2.32. The maximum atomic E-state index is 13.2. The summed E-state index contributed by atoms with van der Waals surface area (Å²) < 4.78 is 26.2. The average Bonchev–Trinajstić information content (AvgIpc) is 3.32. The number of likely N-dealkylation sites (tertiary alicyclic amines) is 1.